The van der Waals surface area contributed by atoms with Gasteiger partial charge in [0.15, 0.2) is 5.58 Å². The third-order valence-corrected chi connectivity index (χ3v) is 2.86. The summed E-state index contributed by atoms with van der Waals surface area (Å²) in [6.07, 6.45) is 0. The van der Waals surface area contributed by atoms with Gasteiger partial charge in [-0.05, 0) is 24.3 Å². The first-order valence-electron chi connectivity index (χ1n) is 5.83. The van der Waals surface area contributed by atoms with E-state index in [1.165, 1.54) is 7.11 Å². The van der Waals surface area contributed by atoms with Crippen LogP contribution in [0.5, 0.6) is 0 Å². The van der Waals surface area contributed by atoms with Crippen molar-refractivity contribution in [2.24, 2.45) is 0 Å². The lowest BCUT2D eigenvalue weighted by Gasteiger charge is -2.03. The Hall–Kier alpha value is -2.62. The molecule has 4 nitrogen and oxygen atoms in total. The predicted molar refractivity (Wildman–Crippen MR) is 70.8 cm³/mol. The maximum absolute atomic E-state index is 11.7. The minimum absolute atomic E-state index is 0.405. The highest BCUT2D eigenvalue weighted by molar-refractivity contribution is 5.96. The van der Waals surface area contributed by atoms with Crippen LogP contribution >= 0.6 is 0 Å². The number of hydrogen-bond acceptors (Lipinski definition) is 4. The lowest BCUT2D eigenvalue weighted by atomic mass is 10.1. The van der Waals surface area contributed by atoms with E-state index in [9.17, 15) is 4.79 Å². The number of benzene rings is 2. The first-order chi connectivity index (χ1) is 9.29. The molecule has 0 saturated heterocycles. The van der Waals surface area contributed by atoms with Crippen molar-refractivity contribution in [3.05, 3.63) is 54.1 Å². The van der Waals surface area contributed by atoms with Gasteiger partial charge in [-0.3, -0.25) is 0 Å². The first kappa shape index (κ1) is 11.5. The second kappa shape index (κ2) is 4.57. The second-order valence-corrected chi connectivity index (χ2v) is 4.02. The summed E-state index contributed by atoms with van der Waals surface area (Å²) in [6, 6.07) is 14.6. The lowest BCUT2D eigenvalue weighted by Crippen LogP contribution is -2.03. The zero-order valence-corrected chi connectivity index (χ0v) is 10.3. The third-order valence-electron chi connectivity index (χ3n) is 2.86. The maximum Gasteiger partial charge on any atom is 0.338 e. The molecule has 1 heterocycles. The van der Waals surface area contributed by atoms with Crippen LogP contribution in [0.15, 0.2) is 52.9 Å². The molecule has 3 aromatic rings. The monoisotopic (exact) mass is 253 g/mol. The third kappa shape index (κ3) is 1.97. The molecule has 3 rings (SSSR count). The van der Waals surface area contributed by atoms with E-state index >= 15 is 0 Å². The Morgan fingerprint density at radius 3 is 2.63 bits per heavy atom. The molecule has 2 aromatic carbocycles. The van der Waals surface area contributed by atoms with Gasteiger partial charge in [-0.15, -0.1) is 0 Å². The van der Waals surface area contributed by atoms with Crippen LogP contribution in [-0.4, -0.2) is 18.1 Å². The van der Waals surface area contributed by atoms with Crippen molar-refractivity contribution < 1.29 is 13.9 Å². The van der Waals surface area contributed by atoms with E-state index in [4.69, 9.17) is 9.15 Å². The van der Waals surface area contributed by atoms with E-state index in [2.05, 4.69) is 4.98 Å². The van der Waals surface area contributed by atoms with Crippen LogP contribution < -0.4 is 0 Å². The SMILES string of the molecule is COC(=O)c1ccccc1-c1nc2ccccc2o1. The number of rotatable bonds is 2. The number of nitrogens with zero attached hydrogens (tertiary/aromatic N) is 1. The van der Waals surface area contributed by atoms with Crippen LogP contribution in [0.2, 0.25) is 0 Å². The highest BCUT2D eigenvalue weighted by Crippen LogP contribution is 2.27. The van der Waals surface area contributed by atoms with Gasteiger partial charge in [-0.25, -0.2) is 9.78 Å². The highest BCUT2D eigenvalue weighted by Gasteiger charge is 2.16. The number of hydrogen-bond donors (Lipinski definition) is 0. The number of carbonyl (C=O) groups is 1. The van der Waals surface area contributed by atoms with E-state index in [0.717, 1.165) is 5.52 Å². The Bertz CT molecular complexity index is 713. The molecule has 0 saturated carbocycles. The second-order valence-electron chi connectivity index (χ2n) is 4.02. The summed E-state index contributed by atoms with van der Waals surface area (Å²) in [5, 5.41) is 0. The van der Waals surface area contributed by atoms with Crippen LogP contribution in [-0.2, 0) is 4.74 Å². The Morgan fingerprint density at radius 2 is 1.84 bits per heavy atom. The highest BCUT2D eigenvalue weighted by atomic mass is 16.5. The van der Waals surface area contributed by atoms with Gasteiger partial charge in [0.05, 0.1) is 18.2 Å². The number of ether oxygens (including phenoxy) is 1. The van der Waals surface area contributed by atoms with Gasteiger partial charge in [-0.1, -0.05) is 24.3 Å². The average Bonchev–Trinajstić information content (AvgIpc) is 2.90. The molecule has 0 aliphatic carbocycles. The first-order valence-corrected chi connectivity index (χ1v) is 5.83. The van der Waals surface area contributed by atoms with Crippen molar-refractivity contribution in [2.45, 2.75) is 0 Å². The molecule has 0 amide bonds. The standard InChI is InChI=1S/C15H11NO3/c1-18-15(17)11-7-3-2-6-10(11)14-16-12-8-4-5-9-13(12)19-14/h2-9H,1H3. The Morgan fingerprint density at radius 1 is 1.11 bits per heavy atom. The fourth-order valence-corrected chi connectivity index (χ4v) is 1.94. The Labute approximate surface area is 109 Å². The van der Waals surface area contributed by atoms with Gasteiger partial charge < -0.3 is 9.15 Å². The van der Waals surface area contributed by atoms with Crippen LogP contribution in [0, 0.1) is 0 Å². The summed E-state index contributed by atoms with van der Waals surface area (Å²) in [5.74, 6) is 0.0139. The molecule has 4 heteroatoms. The molecule has 0 fully saturated rings. The smallest absolute Gasteiger partial charge is 0.338 e. The molecule has 0 bridgehead atoms. The molecule has 0 spiro atoms. The fraction of sp³-hybridized carbons (Fsp3) is 0.0667. The normalized spacial score (nSPS) is 10.6. The molecular formula is C15H11NO3. The van der Waals surface area contributed by atoms with E-state index in [1.54, 1.807) is 18.2 Å². The largest absolute Gasteiger partial charge is 0.465 e. The predicted octanol–water partition coefficient (Wildman–Crippen LogP) is 3.28. The van der Waals surface area contributed by atoms with Gasteiger partial charge in [0, 0.05) is 0 Å². The van der Waals surface area contributed by atoms with Crippen LogP contribution in [0.25, 0.3) is 22.6 Å². The minimum Gasteiger partial charge on any atom is -0.465 e. The molecule has 19 heavy (non-hydrogen) atoms. The van der Waals surface area contributed by atoms with E-state index in [-0.39, 0.29) is 0 Å². The molecule has 0 radical (unpaired) electrons. The number of carbonyl (C=O) groups excluding carboxylic acids is 1. The Balaban J connectivity index is 2.18. The van der Waals surface area contributed by atoms with Gasteiger partial charge in [0.2, 0.25) is 5.89 Å². The lowest BCUT2D eigenvalue weighted by molar-refractivity contribution is 0.0601. The van der Waals surface area contributed by atoms with Crippen molar-refractivity contribution >= 4 is 17.1 Å². The molecule has 0 aliphatic heterocycles. The van der Waals surface area contributed by atoms with Crippen molar-refractivity contribution in [1.29, 1.82) is 0 Å². The molecular weight excluding hydrogens is 242 g/mol. The number of para-hydroxylation sites is 2. The van der Waals surface area contributed by atoms with E-state index in [0.29, 0.717) is 22.6 Å². The summed E-state index contributed by atoms with van der Waals surface area (Å²) in [7, 11) is 1.35. The molecule has 0 aliphatic rings. The number of oxazole rings is 1. The molecule has 0 atom stereocenters. The summed E-state index contributed by atoms with van der Waals surface area (Å²) >= 11 is 0. The van der Waals surface area contributed by atoms with Crippen molar-refractivity contribution in [3.8, 4) is 11.5 Å². The molecule has 0 unspecified atom stereocenters. The molecule has 0 N–H and O–H groups in total. The maximum atomic E-state index is 11.7. The zero-order valence-electron chi connectivity index (χ0n) is 10.3. The topological polar surface area (TPSA) is 52.3 Å². The van der Waals surface area contributed by atoms with Gasteiger partial charge in [0.1, 0.15) is 5.52 Å². The molecule has 1 aromatic heterocycles. The van der Waals surface area contributed by atoms with Crippen LogP contribution in [0.3, 0.4) is 0 Å². The number of aromatic nitrogens is 1. The quantitative estimate of drug-likeness (QED) is 0.658. The summed E-state index contributed by atoms with van der Waals surface area (Å²) in [6.45, 7) is 0. The number of fused-ring (bicyclic) bond motifs is 1. The van der Waals surface area contributed by atoms with Crippen molar-refractivity contribution in [3.63, 3.8) is 0 Å². The van der Waals surface area contributed by atoms with Crippen LogP contribution in [0.1, 0.15) is 10.4 Å². The fourth-order valence-electron chi connectivity index (χ4n) is 1.94. The Kier molecular flexibility index (Phi) is 2.76. The van der Waals surface area contributed by atoms with E-state index < -0.39 is 5.97 Å². The average molecular weight is 253 g/mol. The van der Waals surface area contributed by atoms with E-state index in [1.807, 2.05) is 30.3 Å². The number of esters is 1. The van der Waals surface area contributed by atoms with Gasteiger partial charge in [-0.2, -0.15) is 0 Å². The van der Waals surface area contributed by atoms with Crippen molar-refractivity contribution in [1.82, 2.24) is 4.98 Å². The van der Waals surface area contributed by atoms with Gasteiger partial charge in [0.25, 0.3) is 0 Å². The summed E-state index contributed by atoms with van der Waals surface area (Å²) in [5.41, 5.74) is 2.52. The zero-order chi connectivity index (χ0) is 13.2. The number of methoxy groups -OCH3 is 1. The molecule has 94 valence electrons. The summed E-state index contributed by atoms with van der Waals surface area (Å²) in [4.78, 5) is 16.1. The minimum atomic E-state index is -0.405. The van der Waals surface area contributed by atoms with Gasteiger partial charge >= 0.3 is 5.97 Å². The van der Waals surface area contributed by atoms with Crippen molar-refractivity contribution in [2.75, 3.05) is 7.11 Å². The summed E-state index contributed by atoms with van der Waals surface area (Å²) < 4.78 is 10.4. The van der Waals surface area contributed by atoms with Crippen LogP contribution in [0.4, 0.5) is 0 Å².